The third kappa shape index (κ3) is 4.55. The van der Waals surface area contributed by atoms with Crippen molar-refractivity contribution >= 4 is 23.2 Å². The number of nitrogens with zero attached hydrogens (tertiary/aromatic N) is 2. The third-order valence-corrected chi connectivity index (χ3v) is 5.40. The molecule has 3 rings (SSSR count). The van der Waals surface area contributed by atoms with Crippen molar-refractivity contribution in [3.8, 4) is 0 Å². The predicted octanol–water partition coefficient (Wildman–Crippen LogP) is 2.36. The SMILES string of the molecule is CN(C)c1ccc(NC(=O)C2CCN(C(=O)C3CCOCC3)CC2)cc1. The third-order valence-electron chi connectivity index (χ3n) is 5.40. The maximum atomic E-state index is 12.6. The van der Waals surface area contributed by atoms with Gasteiger partial charge in [0, 0.05) is 63.6 Å². The Bertz CT molecular complexity index is 616. The van der Waals surface area contributed by atoms with Gasteiger partial charge in [0.05, 0.1) is 0 Å². The summed E-state index contributed by atoms with van der Waals surface area (Å²) in [6, 6.07) is 7.84. The molecule has 2 aliphatic heterocycles. The Morgan fingerprint density at radius 3 is 2.19 bits per heavy atom. The van der Waals surface area contributed by atoms with Crippen molar-refractivity contribution in [1.29, 1.82) is 0 Å². The van der Waals surface area contributed by atoms with Crippen LogP contribution in [0.15, 0.2) is 24.3 Å². The van der Waals surface area contributed by atoms with Gasteiger partial charge in [-0.2, -0.15) is 0 Å². The summed E-state index contributed by atoms with van der Waals surface area (Å²) in [6.45, 7) is 2.71. The maximum absolute atomic E-state index is 12.6. The number of rotatable bonds is 4. The van der Waals surface area contributed by atoms with Crippen LogP contribution in [0, 0.1) is 11.8 Å². The highest BCUT2D eigenvalue weighted by Crippen LogP contribution is 2.24. The Labute approximate surface area is 155 Å². The van der Waals surface area contributed by atoms with Gasteiger partial charge in [0.15, 0.2) is 0 Å². The van der Waals surface area contributed by atoms with E-state index in [1.165, 1.54) is 0 Å². The van der Waals surface area contributed by atoms with Gasteiger partial charge in [0.25, 0.3) is 0 Å². The first-order valence-corrected chi connectivity index (χ1v) is 9.49. The van der Waals surface area contributed by atoms with Gasteiger partial charge in [-0.3, -0.25) is 9.59 Å². The Morgan fingerprint density at radius 1 is 1.00 bits per heavy atom. The lowest BCUT2D eigenvalue weighted by atomic mass is 9.93. The fourth-order valence-electron chi connectivity index (χ4n) is 3.65. The summed E-state index contributed by atoms with van der Waals surface area (Å²) >= 11 is 0. The number of anilines is 2. The summed E-state index contributed by atoms with van der Waals surface area (Å²) < 4.78 is 5.34. The van der Waals surface area contributed by atoms with Crippen molar-refractivity contribution < 1.29 is 14.3 Å². The van der Waals surface area contributed by atoms with E-state index in [1.54, 1.807) is 0 Å². The highest BCUT2D eigenvalue weighted by atomic mass is 16.5. The topological polar surface area (TPSA) is 61.9 Å². The molecule has 0 aromatic heterocycles. The van der Waals surface area contributed by atoms with Crippen molar-refractivity contribution in [2.24, 2.45) is 11.8 Å². The standard InChI is InChI=1S/C20H29N3O3/c1-22(2)18-5-3-17(4-6-18)21-19(24)15-7-11-23(12-8-15)20(25)16-9-13-26-14-10-16/h3-6,15-16H,7-14H2,1-2H3,(H,21,24). The molecule has 2 heterocycles. The lowest BCUT2D eigenvalue weighted by Crippen LogP contribution is -2.45. The molecule has 1 N–H and O–H groups in total. The van der Waals surface area contributed by atoms with Gasteiger partial charge in [-0.25, -0.2) is 0 Å². The van der Waals surface area contributed by atoms with Crippen LogP contribution >= 0.6 is 0 Å². The van der Waals surface area contributed by atoms with Gasteiger partial charge in [-0.05, 0) is 49.9 Å². The van der Waals surface area contributed by atoms with Crippen LogP contribution in [0.3, 0.4) is 0 Å². The van der Waals surface area contributed by atoms with Gasteiger partial charge in [0.1, 0.15) is 0 Å². The van der Waals surface area contributed by atoms with Gasteiger partial charge < -0.3 is 19.9 Å². The van der Waals surface area contributed by atoms with E-state index >= 15 is 0 Å². The van der Waals surface area contributed by atoms with Crippen molar-refractivity contribution in [2.45, 2.75) is 25.7 Å². The molecular weight excluding hydrogens is 330 g/mol. The van der Waals surface area contributed by atoms with E-state index in [4.69, 9.17) is 4.74 Å². The van der Waals surface area contributed by atoms with Crippen molar-refractivity contribution in [1.82, 2.24) is 4.90 Å². The average Bonchev–Trinajstić information content (AvgIpc) is 2.68. The first-order chi connectivity index (χ1) is 12.5. The van der Waals surface area contributed by atoms with E-state index in [1.807, 2.05) is 48.2 Å². The second-order valence-corrected chi connectivity index (χ2v) is 7.42. The van der Waals surface area contributed by atoms with Gasteiger partial charge in [-0.1, -0.05) is 0 Å². The largest absolute Gasteiger partial charge is 0.381 e. The molecule has 0 bridgehead atoms. The minimum Gasteiger partial charge on any atom is -0.381 e. The molecule has 6 nitrogen and oxygen atoms in total. The number of hydrogen-bond acceptors (Lipinski definition) is 4. The molecule has 142 valence electrons. The first-order valence-electron chi connectivity index (χ1n) is 9.49. The summed E-state index contributed by atoms with van der Waals surface area (Å²) in [6.07, 6.45) is 3.11. The van der Waals surface area contributed by atoms with Crippen LogP contribution in [0.5, 0.6) is 0 Å². The van der Waals surface area contributed by atoms with E-state index < -0.39 is 0 Å². The smallest absolute Gasteiger partial charge is 0.227 e. The zero-order valence-corrected chi connectivity index (χ0v) is 15.7. The summed E-state index contributed by atoms with van der Waals surface area (Å²) in [5.41, 5.74) is 1.92. The van der Waals surface area contributed by atoms with Gasteiger partial charge >= 0.3 is 0 Å². The van der Waals surface area contributed by atoms with Crippen molar-refractivity contribution in [2.75, 3.05) is 50.6 Å². The Morgan fingerprint density at radius 2 is 1.62 bits per heavy atom. The molecule has 0 aliphatic carbocycles. The van der Waals surface area contributed by atoms with Crippen LogP contribution in [-0.4, -0.2) is 57.1 Å². The summed E-state index contributed by atoms with van der Waals surface area (Å²) in [5.74, 6) is 0.374. The molecule has 2 aliphatic rings. The number of piperidine rings is 1. The van der Waals surface area contributed by atoms with Crippen molar-refractivity contribution in [3.05, 3.63) is 24.3 Å². The minimum absolute atomic E-state index is 0.0257. The molecule has 0 spiro atoms. The molecule has 26 heavy (non-hydrogen) atoms. The van der Waals surface area contributed by atoms with E-state index in [-0.39, 0.29) is 23.7 Å². The number of carbonyl (C=O) groups is 2. The van der Waals surface area contributed by atoms with E-state index in [9.17, 15) is 9.59 Å². The molecule has 0 atom stereocenters. The number of likely N-dealkylation sites (tertiary alicyclic amines) is 1. The summed E-state index contributed by atoms with van der Waals surface area (Å²) in [4.78, 5) is 29.1. The number of hydrogen-bond donors (Lipinski definition) is 1. The molecule has 0 saturated carbocycles. The van der Waals surface area contributed by atoms with Crippen molar-refractivity contribution in [3.63, 3.8) is 0 Å². The number of nitrogens with one attached hydrogen (secondary N) is 1. The number of benzene rings is 1. The fourth-order valence-corrected chi connectivity index (χ4v) is 3.65. The van der Waals surface area contributed by atoms with E-state index in [2.05, 4.69) is 5.32 Å². The Kier molecular flexibility index (Phi) is 6.14. The van der Waals surface area contributed by atoms with Crippen LogP contribution in [0.1, 0.15) is 25.7 Å². The zero-order chi connectivity index (χ0) is 18.5. The van der Waals surface area contributed by atoms with Gasteiger partial charge in [0.2, 0.25) is 11.8 Å². The first kappa shape index (κ1) is 18.7. The predicted molar refractivity (Wildman–Crippen MR) is 102 cm³/mol. The summed E-state index contributed by atoms with van der Waals surface area (Å²) in [7, 11) is 3.98. The Balaban J connectivity index is 1.48. The minimum atomic E-state index is -0.0257. The molecule has 1 aromatic rings. The van der Waals surface area contributed by atoms with Crippen LogP contribution in [0.2, 0.25) is 0 Å². The second-order valence-electron chi connectivity index (χ2n) is 7.42. The molecular formula is C20H29N3O3. The monoisotopic (exact) mass is 359 g/mol. The molecule has 2 saturated heterocycles. The van der Waals surface area contributed by atoms with E-state index in [0.29, 0.717) is 26.3 Å². The molecule has 0 unspecified atom stereocenters. The maximum Gasteiger partial charge on any atom is 0.227 e. The highest BCUT2D eigenvalue weighted by molar-refractivity contribution is 5.93. The highest BCUT2D eigenvalue weighted by Gasteiger charge is 2.31. The quantitative estimate of drug-likeness (QED) is 0.896. The molecule has 1 aromatic carbocycles. The molecule has 0 radical (unpaired) electrons. The van der Waals surface area contributed by atoms with Crippen LogP contribution < -0.4 is 10.2 Å². The van der Waals surface area contributed by atoms with Crippen LogP contribution in [0.4, 0.5) is 11.4 Å². The second kappa shape index (κ2) is 8.54. The van der Waals surface area contributed by atoms with Crippen LogP contribution in [-0.2, 0) is 14.3 Å². The molecule has 2 fully saturated rings. The molecule has 6 heteroatoms. The Hall–Kier alpha value is -2.08. The summed E-state index contributed by atoms with van der Waals surface area (Å²) in [5, 5.41) is 3.01. The number of ether oxygens (including phenoxy) is 1. The number of carbonyl (C=O) groups excluding carboxylic acids is 2. The zero-order valence-electron chi connectivity index (χ0n) is 15.7. The lowest BCUT2D eigenvalue weighted by Gasteiger charge is -2.34. The van der Waals surface area contributed by atoms with Crippen LogP contribution in [0.25, 0.3) is 0 Å². The van der Waals surface area contributed by atoms with Gasteiger partial charge in [-0.15, -0.1) is 0 Å². The number of amides is 2. The fraction of sp³-hybridized carbons (Fsp3) is 0.600. The normalized spacial score (nSPS) is 19.2. The molecule has 2 amide bonds. The lowest BCUT2D eigenvalue weighted by molar-refractivity contribution is -0.141. The average molecular weight is 359 g/mol. The van der Waals surface area contributed by atoms with E-state index in [0.717, 1.165) is 37.1 Å².